The van der Waals surface area contributed by atoms with Gasteiger partial charge in [0.05, 0.1) is 0 Å². The zero-order chi connectivity index (χ0) is 19.5. The van der Waals surface area contributed by atoms with Gasteiger partial charge in [0, 0.05) is 16.6 Å². The summed E-state index contributed by atoms with van der Waals surface area (Å²) in [7, 11) is 0. The normalized spacial score (nSPS) is 10.8. The molecule has 0 radical (unpaired) electrons. The average Bonchev–Trinajstić information content (AvgIpc) is 3.09. The third-order valence-electron chi connectivity index (χ3n) is 4.46. The number of halogens is 1. The SMILES string of the molecule is Cc1ccc(NC(=O)c2oc3ccccc3c2COc2ccccc2)cc1F. The number of carbonyl (C=O) groups excluding carboxylic acids is 1. The lowest BCUT2D eigenvalue weighted by Gasteiger charge is -2.08. The summed E-state index contributed by atoms with van der Waals surface area (Å²) in [6.45, 7) is 1.84. The molecule has 0 saturated heterocycles. The summed E-state index contributed by atoms with van der Waals surface area (Å²) in [5.41, 5.74) is 2.11. The van der Waals surface area contributed by atoms with Gasteiger partial charge in [-0.2, -0.15) is 0 Å². The van der Waals surface area contributed by atoms with Gasteiger partial charge < -0.3 is 14.5 Å². The highest BCUT2D eigenvalue weighted by atomic mass is 19.1. The Morgan fingerprint density at radius 2 is 1.79 bits per heavy atom. The van der Waals surface area contributed by atoms with Crippen LogP contribution in [-0.4, -0.2) is 5.91 Å². The maximum atomic E-state index is 13.8. The molecule has 140 valence electrons. The van der Waals surface area contributed by atoms with Gasteiger partial charge in [-0.15, -0.1) is 0 Å². The number of benzene rings is 3. The fourth-order valence-corrected chi connectivity index (χ4v) is 2.96. The second kappa shape index (κ2) is 7.56. The number of hydrogen-bond donors (Lipinski definition) is 1. The van der Waals surface area contributed by atoms with Crippen molar-refractivity contribution in [3.05, 3.63) is 95.5 Å². The van der Waals surface area contributed by atoms with E-state index in [9.17, 15) is 9.18 Å². The van der Waals surface area contributed by atoms with Gasteiger partial charge in [0.25, 0.3) is 5.91 Å². The maximum absolute atomic E-state index is 13.8. The summed E-state index contributed by atoms with van der Waals surface area (Å²) in [5, 5.41) is 3.50. The Balaban J connectivity index is 1.65. The first-order chi connectivity index (χ1) is 13.6. The van der Waals surface area contributed by atoms with Crippen molar-refractivity contribution >= 4 is 22.6 Å². The van der Waals surface area contributed by atoms with Gasteiger partial charge in [0.15, 0.2) is 5.76 Å². The molecule has 0 unspecified atom stereocenters. The fourth-order valence-electron chi connectivity index (χ4n) is 2.96. The van der Waals surface area contributed by atoms with Crippen LogP contribution in [-0.2, 0) is 6.61 Å². The first-order valence-corrected chi connectivity index (χ1v) is 8.87. The highest BCUT2D eigenvalue weighted by Gasteiger charge is 2.21. The van der Waals surface area contributed by atoms with Crippen molar-refractivity contribution in [2.45, 2.75) is 13.5 Å². The van der Waals surface area contributed by atoms with Crippen LogP contribution in [0.4, 0.5) is 10.1 Å². The molecule has 1 N–H and O–H groups in total. The molecule has 1 heterocycles. The molecule has 0 fully saturated rings. The molecule has 0 atom stereocenters. The number of anilines is 1. The topological polar surface area (TPSA) is 51.5 Å². The molecular formula is C23H18FNO3. The molecule has 28 heavy (non-hydrogen) atoms. The van der Waals surface area contributed by atoms with Gasteiger partial charge >= 0.3 is 0 Å². The van der Waals surface area contributed by atoms with Gasteiger partial charge in [-0.1, -0.05) is 42.5 Å². The Morgan fingerprint density at radius 1 is 1.04 bits per heavy atom. The summed E-state index contributed by atoms with van der Waals surface area (Å²) in [5.74, 6) is 0.0130. The molecule has 0 aliphatic rings. The number of rotatable bonds is 5. The second-order valence-corrected chi connectivity index (χ2v) is 6.43. The Hall–Kier alpha value is -3.60. The Kier molecular flexibility index (Phi) is 4.81. The van der Waals surface area contributed by atoms with E-state index >= 15 is 0 Å². The van der Waals surface area contributed by atoms with Gasteiger partial charge in [-0.25, -0.2) is 4.39 Å². The third-order valence-corrected chi connectivity index (χ3v) is 4.46. The highest BCUT2D eigenvalue weighted by Crippen LogP contribution is 2.28. The molecule has 3 aromatic carbocycles. The van der Waals surface area contributed by atoms with Crippen LogP contribution >= 0.6 is 0 Å². The van der Waals surface area contributed by atoms with E-state index in [4.69, 9.17) is 9.15 Å². The molecule has 0 aliphatic carbocycles. The second-order valence-electron chi connectivity index (χ2n) is 6.43. The van der Waals surface area contributed by atoms with Crippen molar-refractivity contribution in [1.82, 2.24) is 0 Å². The largest absolute Gasteiger partial charge is 0.489 e. The van der Waals surface area contributed by atoms with E-state index in [1.807, 2.05) is 48.5 Å². The Labute approximate surface area is 161 Å². The molecule has 0 spiro atoms. The minimum Gasteiger partial charge on any atom is -0.489 e. The van der Waals surface area contributed by atoms with Crippen LogP contribution in [0.1, 0.15) is 21.7 Å². The number of carbonyl (C=O) groups is 1. The fraction of sp³-hybridized carbons (Fsp3) is 0.0870. The van der Waals surface area contributed by atoms with Crippen molar-refractivity contribution in [3.8, 4) is 5.75 Å². The Bertz CT molecular complexity index is 1140. The molecule has 5 heteroatoms. The zero-order valence-electron chi connectivity index (χ0n) is 15.2. The van der Waals surface area contributed by atoms with Crippen molar-refractivity contribution < 1.29 is 18.3 Å². The van der Waals surface area contributed by atoms with Gasteiger partial charge in [0.2, 0.25) is 0 Å². The number of ether oxygens (including phenoxy) is 1. The molecule has 4 rings (SSSR count). The Morgan fingerprint density at radius 3 is 2.57 bits per heavy atom. The third kappa shape index (κ3) is 3.60. The van der Waals surface area contributed by atoms with E-state index < -0.39 is 5.91 Å². The van der Waals surface area contributed by atoms with Gasteiger partial charge in [0.1, 0.15) is 23.8 Å². The monoisotopic (exact) mass is 375 g/mol. The van der Waals surface area contributed by atoms with E-state index in [1.54, 1.807) is 25.1 Å². The van der Waals surface area contributed by atoms with E-state index in [2.05, 4.69) is 5.32 Å². The summed E-state index contributed by atoms with van der Waals surface area (Å²) in [6, 6.07) is 21.3. The quantitative estimate of drug-likeness (QED) is 0.486. The molecule has 4 nitrogen and oxygen atoms in total. The predicted molar refractivity (Wildman–Crippen MR) is 106 cm³/mol. The molecule has 0 aliphatic heterocycles. The van der Waals surface area contributed by atoms with Crippen LogP contribution in [0.5, 0.6) is 5.75 Å². The minimum atomic E-state index is -0.453. The number of fused-ring (bicyclic) bond motifs is 1. The van der Waals surface area contributed by atoms with Crippen molar-refractivity contribution in [3.63, 3.8) is 0 Å². The number of hydrogen-bond acceptors (Lipinski definition) is 3. The first-order valence-electron chi connectivity index (χ1n) is 8.87. The minimum absolute atomic E-state index is 0.151. The first kappa shape index (κ1) is 17.8. The maximum Gasteiger partial charge on any atom is 0.291 e. The number of furan rings is 1. The smallest absolute Gasteiger partial charge is 0.291 e. The van der Waals surface area contributed by atoms with Gasteiger partial charge in [-0.05, 0) is 42.8 Å². The predicted octanol–water partition coefficient (Wildman–Crippen LogP) is 5.71. The number of aryl methyl sites for hydroxylation is 1. The van der Waals surface area contributed by atoms with Crippen LogP contribution in [0.3, 0.4) is 0 Å². The molecular weight excluding hydrogens is 357 g/mol. The van der Waals surface area contributed by atoms with Crippen molar-refractivity contribution in [2.24, 2.45) is 0 Å². The summed E-state index contributed by atoms with van der Waals surface area (Å²) in [6.07, 6.45) is 0. The summed E-state index contributed by atoms with van der Waals surface area (Å²) in [4.78, 5) is 12.8. The lowest BCUT2D eigenvalue weighted by atomic mass is 10.1. The molecule has 1 aromatic heterocycles. The van der Waals surface area contributed by atoms with Crippen molar-refractivity contribution in [1.29, 1.82) is 0 Å². The molecule has 4 aromatic rings. The lowest BCUT2D eigenvalue weighted by molar-refractivity contribution is 0.0995. The summed E-state index contributed by atoms with van der Waals surface area (Å²) < 4.78 is 25.4. The van der Waals surface area contributed by atoms with Crippen LogP contribution in [0.25, 0.3) is 11.0 Å². The standard InChI is InChI=1S/C23H18FNO3/c1-15-11-12-16(13-20(15)24)25-23(26)22-19(14-27-17-7-3-2-4-8-17)18-9-5-6-10-21(18)28-22/h2-13H,14H2,1H3,(H,25,26). The van der Waals surface area contributed by atoms with Crippen LogP contribution in [0.2, 0.25) is 0 Å². The highest BCUT2D eigenvalue weighted by molar-refractivity contribution is 6.06. The van der Waals surface area contributed by atoms with Gasteiger partial charge in [-0.3, -0.25) is 4.79 Å². The summed E-state index contributed by atoms with van der Waals surface area (Å²) >= 11 is 0. The number of nitrogens with one attached hydrogen (secondary N) is 1. The molecule has 0 saturated carbocycles. The van der Waals surface area contributed by atoms with E-state index in [1.165, 1.54) is 6.07 Å². The van der Waals surface area contributed by atoms with Crippen LogP contribution in [0, 0.1) is 12.7 Å². The van der Waals surface area contributed by atoms with E-state index in [0.717, 1.165) is 5.39 Å². The molecule has 0 bridgehead atoms. The van der Waals surface area contributed by atoms with Crippen LogP contribution in [0.15, 0.2) is 77.2 Å². The average molecular weight is 375 g/mol. The van der Waals surface area contributed by atoms with E-state index in [-0.39, 0.29) is 18.2 Å². The zero-order valence-corrected chi connectivity index (χ0v) is 15.2. The number of para-hydroxylation sites is 2. The number of amides is 1. The van der Waals surface area contributed by atoms with Crippen LogP contribution < -0.4 is 10.1 Å². The van der Waals surface area contributed by atoms with E-state index in [0.29, 0.717) is 28.1 Å². The molecule has 1 amide bonds. The lowest BCUT2D eigenvalue weighted by Crippen LogP contribution is -2.14. The van der Waals surface area contributed by atoms with Crippen molar-refractivity contribution in [2.75, 3.05) is 5.32 Å².